The molecule has 0 spiro atoms. The molecule has 0 heterocycles. The van der Waals surface area contributed by atoms with Crippen LogP contribution in [0.5, 0.6) is 0 Å². The van der Waals surface area contributed by atoms with Crippen LogP contribution in [0.1, 0.15) is 90.9 Å². The van der Waals surface area contributed by atoms with Crippen molar-refractivity contribution in [2.75, 3.05) is 26.4 Å². The number of carbonyl (C=O) groups is 2. The molecule has 0 aromatic carbocycles. The molecule has 11 heteroatoms. The van der Waals surface area contributed by atoms with Crippen LogP contribution in [0.4, 0.5) is 0 Å². The summed E-state index contributed by atoms with van der Waals surface area (Å²) >= 11 is 0. The average Bonchev–Trinajstić information content (AvgIpc) is 2.79. The highest BCUT2D eigenvalue weighted by Gasteiger charge is 2.27. The van der Waals surface area contributed by atoms with E-state index in [0.29, 0.717) is 12.8 Å². The van der Waals surface area contributed by atoms with Crippen molar-refractivity contribution in [3.8, 4) is 0 Å². The lowest BCUT2D eigenvalue weighted by Crippen LogP contribution is -2.29. The molecule has 0 aromatic rings. The Kier molecular flexibility index (Phi) is 19.7. The van der Waals surface area contributed by atoms with Gasteiger partial charge in [0.2, 0.25) is 0 Å². The molecule has 0 aliphatic heterocycles. The first-order valence-corrected chi connectivity index (χ1v) is 13.5. The van der Waals surface area contributed by atoms with E-state index in [1.165, 1.54) is 6.42 Å². The molecule has 196 valence electrons. The van der Waals surface area contributed by atoms with E-state index in [1.54, 1.807) is 0 Å². The summed E-state index contributed by atoms with van der Waals surface area (Å²) in [5.74, 6) is -0.958. The molecular formula is C22H43O10P. The van der Waals surface area contributed by atoms with Crippen molar-refractivity contribution in [1.29, 1.82) is 0 Å². The maximum atomic E-state index is 12.1. The predicted molar refractivity (Wildman–Crippen MR) is 122 cm³/mol. The molecule has 0 bridgehead atoms. The Morgan fingerprint density at radius 3 is 1.91 bits per heavy atom. The lowest BCUT2D eigenvalue weighted by molar-refractivity contribution is -0.161. The summed E-state index contributed by atoms with van der Waals surface area (Å²) in [4.78, 5) is 33.8. The van der Waals surface area contributed by atoms with Crippen molar-refractivity contribution in [3.63, 3.8) is 0 Å². The van der Waals surface area contributed by atoms with Crippen LogP contribution in [0.15, 0.2) is 0 Å². The molecule has 0 aliphatic carbocycles. The Balaban J connectivity index is 4.56. The van der Waals surface area contributed by atoms with Gasteiger partial charge in [-0.3, -0.25) is 18.6 Å². The molecule has 0 aliphatic rings. The first-order valence-electron chi connectivity index (χ1n) is 12.0. The van der Waals surface area contributed by atoms with Crippen LogP contribution in [0.2, 0.25) is 0 Å². The van der Waals surface area contributed by atoms with Crippen LogP contribution >= 0.6 is 7.82 Å². The summed E-state index contributed by atoms with van der Waals surface area (Å²) < 4.78 is 31.8. The first-order chi connectivity index (χ1) is 15.7. The van der Waals surface area contributed by atoms with E-state index in [1.807, 2.05) is 0 Å². The molecule has 0 fully saturated rings. The first kappa shape index (κ1) is 32.0. The van der Waals surface area contributed by atoms with Crippen molar-refractivity contribution in [2.24, 2.45) is 0 Å². The summed E-state index contributed by atoms with van der Waals surface area (Å²) in [5, 5.41) is 18.0. The van der Waals surface area contributed by atoms with Gasteiger partial charge in [0.1, 0.15) is 12.7 Å². The van der Waals surface area contributed by atoms with Crippen LogP contribution in [-0.4, -0.2) is 65.7 Å². The SMILES string of the molecule is CCCCCCCCC(=O)OC[C@@H](COP(=O)(O)OC[C@H](O)CO)OC(=O)CCCCCC. The maximum absolute atomic E-state index is 12.1. The van der Waals surface area contributed by atoms with E-state index in [9.17, 15) is 24.2 Å². The maximum Gasteiger partial charge on any atom is 0.472 e. The molecule has 0 radical (unpaired) electrons. The van der Waals surface area contributed by atoms with Gasteiger partial charge in [-0.2, -0.15) is 0 Å². The van der Waals surface area contributed by atoms with Gasteiger partial charge < -0.3 is 24.6 Å². The van der Waals surface area contributed by atoms with Crippen LogP contribution in [0, 0.1) is 0 Å². The molecule has 0 saturated heterocycles. The summed E-state index contributed by atoms with van der Waals surface area (Å²) in [6, 6.07) is 0. The number of aliphatic hydroxyl groups excluding tert-OH is 2. The molecule has 3 atom stereocenters. The quantitative estimate of drug-likeness (QED) is 0.115. The Bertz CT molecular complexity index is 557. The van der Waals surface area contributed by atoms with Gasteiger partial charge in [0.15, 0.2) is 6.10 Å². The lowest BCUT2D eigenvalue weighted by Gasteiger charge is -2.20. The smallest absolute Gasteiger partial charge is 0.462 e. The number of rotatable bonds is 22. The van der Waals surface area contributed by atoms with Gasteiger partial charge in [0.25, 0.3) is 0 Å². The third kappa shape index (κ3) is 20.1. The van der Waals surface area contributed by atoms with Crippen molar-refractivity contribution < 1.29 is 47.8 Å². The van der Waals surface area contributed by atoms with E-state index in [-0.39, 0.29) is 19.4 Å². The van der Waals surface area contributed by atoms with E-state index < -0.39 is 51.8 Å². The topological polar surface area (TPSA) is 149 Å². The fourth-order valence-electron chi connectivity index (χ4n) is 2.81. The minimum Gasteiger partial charge on any atom is -0.462 e. The molecule has 10 nitrogen and oxygen atoms in total. The minimum absolute atomic E-state index is 0.179. The van der Waals surface area contributed by atoms with Gasteiger partial charge in [-0.05, 0) is 12.8 Å². The van der Waals surface area contributed by atoms with Crippen molar-refractivity contribution in [1.82, 2.24) is 0 Å². The Morgan fingerprint density at radius 2 is 1.30 bits per heavy atom. The second kappa shape index (κ2) is 20.4. The average molecular weight is 499 g/mol. The van der Waals surface area contributed by atoms with Gasteiger partial charge >= 0.3 is 19.8 Å². The summed E-state index contributed by atoms with van der Waals surface area (Å²) in [5.41, 5.74) is 0. The molecule has 33 heavy (non-hydrogen) atoms. The molecule has 3 N–H and O–H groups in total. The molecule has 0 rings (SSSR count). The van der Waals surface area contributed by atoms with Crippen molar-refractivity contribution >= 4 is 19.8 Å². The standard InChI is InChI=1S/C22H43O10P/c1-3-5-7-9-10-12-13-21(25)29-17-20(32-22(26)14-11-8-6-4-2)18-31-33(27,28)30-16-19(24)15-23/h19-20,23-24H,3-18H2,1-2H3,(H,27,28)/t19-,20+/m1/s1. The second-order valence-electron chi connectivity index (χ2n) is 8.02. The molecule has 1 unspecified atom stereocenters. The van der Waals surface area contributed by atoms with E-state index in [2.05, 4.69) is 18.4 Å². The number of phosphoric ester groups is 1. The highest BCUT2D eigenvalue weighted by atomic mass is 31.2. The highest BCUT2D eigenvalue weighted by molar-refractivity contribution is 7.47. The number of unbranched alkanes of at least 4 members (excludes halogenated alkanes) is 8. The number of carbonyl (C=O) groups excluding carboxylic acids is 2. The number of phosphoric acid groups is 1. The fourth-order valence-corrected chi connectivity index (χ4v) is 3.60. The number of esters is 2. The third-order valence-electron chi connectivity index (χ3n) is 4.76. The normalized spacial score (nSPS) is 14.9. The number of hydrogen-bond acceptors (Lipinski definition) is 9. The summed E-state index contributed by atoms with van der Waals surface area (Å²) in [7, 11) is -4.57. The zero-order valence-corrected chi connectivity index (χ0v) is 21.0. The summed E-state index contributed by atoms with van der Waals surface area (Å²) in [6.07, 6.45) is 7.71. The van der Waals surface area contributed by atoms with Gasteiger partial charge in [0.05, 0.1) is 19.8 Å². The van der Waals surface area contributed by atoms with Crippen LogP contribution in [0.25, 0.3) is 0 Å². The summed E-state index contributed by atoms with van der Waals surface area (Å²) in [6.45, 7) is 2.09. The Morgan fingerprint density at radius 1 is 0.788 bits per heavy atom. The van der Waals surface area contributed by atoms with Crippen LogP contribution < -0.4 is 0 Å². The number of aliphatic hydroxyl groups is 2. The van der Waals surface area contributed by atoms with Crippen LogP contribution in [0.3, 0.4) is 0 Å². The Labute approximate surface area is 197 Å². The lowest BCUT2D eigenvalue weighted by atomic mass is 10.1. The highest BCUT2D eigenvalue weighted by Crippen LogP contribution is 2.43. The van der Waals surface area contributed by atoms with Gasteiger partial charge in [-0.15, -0.1) is 0 Å². The largest absolute Gasteiger partial charge is 0.472 e. The van der Waals surface area contributed by atoms with Crippen molar-refractivity contribution in [2.45, 2.75) is 103 Å². The van der Waals surface area contributed by atoms with Gasteiger partial charge in [-0.1, -0.05) is 65.2 Å². The van der Waals surface area contributed by atoms with Crippen molar-refractivity contribution in [3.05, 3.63) is 0 Å². The molecular weight excluding hydrogens is 455 g/mol. The van der Waals surface area contributed by atoms with Gasteiger partial charge in [-0.25, -0.2) is 4.57 Å². The molecule has 0 aromatic heterocycles. The number of hydrogen-bond donors (Lipinski definition) is 3. The minimum atomic E-state index is -4.57. The van der Waals surface area contributed by atoms with E-state index >= 15 is 0 Å². The second-order valence-corrected chi connectivity index (χ2v) is 9.47. The molecule has 0 saturated carbocycles. The zero-order chi connectivity index (χ0) is 25.0. The van der Waals surface area contributed by atoms with Crippen LogP contribution in [-0.2, 0) is 32.7 Å². The Hall–Kier alpha value is -1.03. The molecule has 0 amide bonds. The van der Waals surface area contributed by atoms with E-state index in [4.69, 9.17) is 19.1 Å². The fraction of sp³-hybridized carbons (Fsp3) is 0.909. The van der Waals surface area contributed by atoms with Gasteiger partial charge in [0, 0.05) is 12.8 Å². The number of ether oxygens (including phenoxy) is 2. The zero-order valence-electron chi connectivity index (χ0n) is 20.1. The monoisotopic (exact) mass is 498 g/mol. The third-order valence-corrected chi connectivity index (χ3v) is 5.71. The predicted octanol–water partition coefficient (Wildman–Crippen LogP) is 3.65. The van der Waals surface area contributed by atoms with E-state index in [0.717, 1.165) is 44.9 Å².